The van der Waals surface area contributed by atoms with Gasteiger partial charge in [-0.05, 0) is 26.3 Å². The number of carboxylic acid groups (broad SMARTS) is 1. The number of thiazole rings is 1. The van der Waals surface area contributed by atoms with E-state index in [1.54, 1.807) is 20.0 Å². The van der Waals surface area contributed by atoms with Crippen LogP contribution in [-0.2, 0) is 11.2 Å². The SMILES string of the molecule is [C-]#[N+]c1ccc(N(CCCCCCC)CCc2csc(SC(C)(C)C(=O)O)n2)nc1. The van der Waals surface area contributed by atoms with E-state index in [1.807, 2.05) is 17.5 Å². The number of rotatable bonds is 13. The van der Waals surface area contributed by atoms with Crippen molar-refractivity contribution in [3.63, 3.8) is 0 Å². The van der Waals surface area contributed by atoms with E-state index in [4.69, 9.17) is 6.57 Å². The molecule has 0 aromatic carbocycles. The topological polar surface area (TPSA) is 70.7 Å². The van der Waals surface area contributed by atoms with Gasteiger partial charge >= 0.3 is 5.97 Å². The van der Waals surface area contributed by atoms with Gasteiger partial charge in [0, 0.05) is 31.1 Å². The summed E-state index contributed by atoms with van der Waals surface area (Å²) in [6.07, 6.45) is 8.45. The van der Waals surface area contributed by atoms with E-state index in [0.29, 0.717) is 5.69 Å². The highest BCUT2D eigenvalue weighted by molar-refractivity contribution is 8.02. The molecule has 0 radical (unpaired) electrons. The minimum absolute atomic E-state index is 0.545. The van der Waals surface area contributed by atoms with Crippen LogP contribution < -0.4 is 4.90 Å². The Bertz CT molecular complexity index is 844. The fraction of sp³-hybridized carbons (Fsp3) is 0.545. The van der Waals surface area contributed by atoms with E-state index < -0.39 is 10.7 Å². The molecule has 0 bridgehead atoms. The maximum atomic E-state index is 11.3. The van der Waals surface area contributed by atoms with Crippen molar-refractivity contribution in [3.05, 3.63) is 40.8 Å². The zero-order chi connectivity index (χ0) is 22.0. The fourth-order valence-corrected chi connectivity index (χ4v) is 5.07. The molecule has 8 heteroatoms. The Morgan fingerprint density at radius 1 is 1.27 bits per heavy atom. The molecule has 0 amide bonds. The van der Waals surface area contributed by atoms with Gasteiger partial charge in [0.1, 0.15) is 10.6 Å². The Balaban J connectivity index is 1.99. The smallest absolute Gasteiger partial charge is 0.319 e. The Morgan fingerprint density at radius 2 is 2.03 bits per heavy atom. The second-order valence-corrected chi connectivity index (χ2v) is 10.4. The molecule has 6 nitrogen and oxygen atoms in total. The minimum atomic E-state index is -0.895. The summed E-state index contributed by atoms with van der Waals surface area (Å²) in [5.41, 5.74) is 1.52. The van der Waals surface area contributed by atoms with Crippen molar-refractivity contribution in [3.8, 4) is 0 Å². The van der Waals surface area contributed by atoms with E-state index >= 15 is 0 Å². The zero-order valence-corrected chi connectivity index (χ0v) is 19.6. The predicted molar refractivity (Wildman–Crippen MR) is 125 cm³/mol. The average molecular weight is 447 g/mol. The Hall–Kier alpha value is -2.11. The predicted octanol–water partition coefficient (Wildman–Crippen LogP) is 6.06. The van der Waals surface area contributed by atoms with Crippen molar-refractivity contribution in [1.82, 2.24) is 9.97 Å². The number of thioether (sulfide) groups is 1. The van der Waals surface area contributed by atoms with Gasteiger partial charge in [0.05, 0.1) is 12.3 Å². The lowest BCUT2D eigenvalue weighted by atomic mass is 10.1. The second kappa shape index (κ2) is 11.9. The summed E-state index contributed by atoms with van der Waals surface area (Å²) in [5, 5.41) is 11.3. The summed E-state index contributed by atoms with van der Waals surface area (Å²) in [5.74, 6) is 0.0437. The molecule has 0 saturated heterocycles. The molecule has 30 heavy (non-hydrogen) atoms. The van der Waals surface area contributed by atoms with Gasteiger partial charge in [-0.2, -0.15) is 0 Å². The largest absolute Gasteiger partial charge is 0.480 e. The summed E-state index contributed by atoms with van der Waals surface area (Å²) >= 11 is 2.78. The van der Waals surface area contributed by atoms with Crippen molar-refractivity contribution in [2.24, 2.45) is 0 Å². The number of aliphatic carboxylic acids is 1. The van der Waals surface area contributed by atoms with Crippen LogP contribution in [0.1, 0.15) is 58.6 Å². The molecule has 2 heterocycles. The van der Waals surface area contributed by atoms with Crippen LogP contribution >= 0.6 is 23.1 Å². The highest BCUT2D eigenvalue weighted by Crippen LogP contribution is 2.34. The molecule has 162 valence electrons. The van der Waals surface area contributed by atoms with Crippen LogP contribution in [0.25, 0.3) is 4.85 Å². The van der Waals surface area contributed by atoms with Gasteiger partial charge in [0.2, 0.25) is 5.69 Å². The van der Waals surface area contributed by atoms with E-state index in [1.165, 1.54) is 48.8 Å². The van der Waals surface area contributed by atoms with Crippen LogP contribution in [0, 0.1) is 6.57 Å². The minimum Gasteiger partial charge on any atom is -0.480 e. The van der Waals surface area contributed by atoms with E-state index in [9.17, 15) is 9.90 Å². The lowest BCUT2D eigenvalue weighted by molar-refractivity contribution is -0.138. The van der Waals surface area contributed by atoms with E-state index in [0.717, 1.165) is 41.8 Å². The third-order valence-corrected chi connectivity index (χ3v) is 6.92. The molecule has 0 fully saturated rings. The molecule has 2 aromatic heterocycles. The molecule has 0 aliphatic rings. The summed E-state index contributed by atoms with van der Waals surface area (Å²) in [7, 11) is 0. The van der Waals surface area contributed by atoms with Gasteiger partial charge < -0.3 is 10.0 Å². The standard InChI is InChI=1S/C22H30N4O2S2/c1-5-6-7-8-9-13-26(19-11-10-17(23-4)15-24-19)14-12-18-16-29-21(25-18)30-22(2,3)20(27)28/h10-11,15-16H,5-9,12-14H2,1-3H3,(H,27,28). The van der Waals surface area contributed by atoms with Crippen molar-refractivity contribution < 1.29 is 9.90 Å². The first-order valence-corrected chi connectivity index (χ1v) is 12.0. The first-order valence-electron chi connectivity index (χ1n) is 10.3. The molecule has 1 N–H and O–H groups in total. The number of unbranched alkanes of at least 4 members (excludes halogenated alkanes) is 4. The Kier molecular flexibility index (Phi) is 9.60. The molecule has 0 aliphatic carbocycles. The van der Waals surface area contributed by atoms with Gasteiger partial charge in [-0.25, -0.2) is 9.83 Å². The number of pyridine rings is 1. The fourth-order valence-electron chi connectivity index (χ4n) is 2.84. The highest BCUT2D eigenvalue weighted by atomic mass is 32.2. The quantitative estimate of drug-likeness (QED) is 0.229. The van der Waals surface area contributed by atoms with Gasteiger partial charge in [-0.1, -0.05) is 50.4 Å². The van der Waals surface area contributed by atoms with Crippen LogP contribution in [0.4, 0.5) is 11.5 Å². The first kappa shape index (κ1) is 24.2. The number of hydrogen-bond donors (Lipinski definition) is 1. The van der Waals surface area contributed by atoms with Crippen molar-refractivity contribution in [1.29, 1.82) is 0 Å². The Labute approximate surface area is 187 Å². The average Bonchev–Trinajstić information content (AvgIpc) is 3.16. The third-order valence-electron chi connectivity index (χ3n) is 4.74. The summed E-state index contributed by atoms with van der Waals surface area (Å²) in [4.78, 5) is 26.1. The molecule has 2 rings (SSSR count). The number of carbonyl (C=O) groups is 1. The number of carboxylic acids is 1. The van der Waals surface area contributed by atoms with E-state index in [-0.39, 0.29) is 0 Å². The lowest BCUT2D eigenvalue weighted by Crippen LogP contribution is -2.28. The van der Waals surface area contributed by atoms with Gasteiger partial charge in [-0.3, -0.25) is 9.78 Å². The summed E-state index contributed by atoms with van der Waals surface area (Å²) in [6, 6.07) is 3.72. The van der Waals surface area contributed by atoms with E-state index in [2.05, 4.69) is 26.6 Å². The van der Waals surface area contributed by atoms with Crippen molar-refractivity contribution >= 4 is 40.6 Å². The number of anilines is 1. The molecular formula is C22H30N4O2S2. The summed E-state index contributed by atoms with van der Waals surface area (Å²) < 4.78 is -0.114. The molecule has 2 aromatic rings. The van der Waals surface area contributed by atoms with Crippen LogP contribution in [0.2, 0.25) is 0 Å². The highest BCUT2D eigenvalue weighted by Gasteiger charge is 2.29. The third kappa shape index (κ3) is 7.62. The van der Waals surface area contributed by atoms with Crippen LogP contribution in [0.15, 0.2) is 28.0 Å². The molecule has 0 atom stereocenters. The number of nitrogens with zero attached hydrogens (tertiary/aromatic N) is 4. The van der Waals surface area contributed by atoms with Gasteiger partial charge in [0.15, 0.2) is 4.34 Å². The van der Waals surface area contributed by atoms with Crippen LogP contribution in [-0.4, -0.2) is 38.9 Å². The molecule has 0 saturated carbocycles. The van der Waals surface area contributed by atoms with Crippen molar-refractivity contribution in [2.45, 2.75) is 68.4 Å². The zero-order valence-electron chi connectivity index (χ0n) is 17.9. The molecular weight excluding hydrogens is 416 g/mol. The van der Waals surface area contributed by atoms with Crippen molar-refractivity contribution in [2.75, 3.05) is 18.0 Å². The van der Waals surface area contributed by atoms with Crippen LogP contribution in [0.3, 0.4) is 0 Å². The lowest BCUT2D eigenvalue weighted by Gasteiger charge is -2.23. The maximum Gasteiger partial charge on any atom is 0.319 e. The maximum absolute atomic E-state index is 11.3. The first-order chi connectivity index (χ1) is 14.4. The normalized spacial score (nSPS) is 11.3. The van der Waals surface area contributed by atoms with Crippen LogP contribution in [0.5, 0.6) is 0 Å². The number of hydrogen-bond acceptors (Lipinski definition) is 6. The molecule has 0 unspecified atom stereocenters. The van der Waals surface area contributed by atoms with Gasteiger partial charge in [0.25, 0.3) is 0 Å². The number of aromatic nitrogens is 2. The molecule has 0 spiro atoms. The second-order valence-electron chi connectivity index (χ2n) is 7.66. The summed E-state index contributed by atoms with van der Waals surface area (Å²) in [6.45, 7) is 14.4. The monoisotopic (exact) mass is 446 g/mol. The van der Waals surface area contributed by atoms with Gasteiger partial charge in [-0.15, -0.1) is 11.3 Å². The Morgan fingerprint density at radius 3 is 2.67 bits per heavy atom. The molecule has 0 aliphatic heterocycles.